The van der Waals surface area contributed by atoms with E-state index in [1.807, 2.05) is 48.5 Å². The smallest absolute Gasteiger partial charge is 0.228 e. The van der Waals surface area contributed by atoms with Crippen LogP contribution in [0.1, 0.15) is 37.3 Å². The minimum atomic E-state index is -0.240. The summed E-state index contributed by atoms with van der Waals surface area (Å²) < 4.78 is 5.32. The number of para-hydroxylation sites is 1. The van der Waals surface area contributed by atoms with Gasteiger partial charge in [-0.1, -0.05) is 44.2 Å². The van der Waals surface area contributed by atoms with E-state index in [9.17, 15) is 9.59 Å². The highest BCUT2D eigenvalue weighted by Gasteiger charge is 2.47. The fourth-order valence-electron chi connectivity index (χ4n) is 3.32. The molecule has 2 amide bonds. The Morgan fingerprint density at radius 1 is 1.04 bits per heavy atom. The Labute approximate surface area is 166 Å². The van der Waals surface area contributed by atoms with E-state index in [0.717, 1.165) is 17.0 Å². The van der Waals surface area contributed by atoms with Gasteiger partial charge in [-0.05, 0) is 48.1 Å². The number of anilines is 1. The van der Waals surface area contributed by atoms with Crippen molar-refractivity contribution >= 4 is 17.5 Å². The van der Waals surface area contributed by atoms with Crippen LogP contribution in [-0.2, 0) is 16.0 Å². The SMILES string of the molecule is COc1ccccc1CCNC(=O)C1CC1C(=O)Nc1ccc(C(C)C)cc1. The molecule has 0 bridgehead atoms. The first kappa shape index (κ1) is 19.9. The Bertz CT molecular complexity index is 830. The van der Waals surface area contributed by atoms with E-state index in [4.69, 9.17) is 4.74 Å². The highest BCUT2D eigenvalue weighted by molar-refractivity contribution is 5.99. The molecule has 28 heavy (non-hydrogen) atoms. The van der Waals surface area contributed by atoms with E-state index >= 15 is 0 Å². The number of methoxy groups -OCH3 is 1. The monoisotopic (exact) mass is 380 g/mol. The molecule has 1 saturated carbocycles. The van der Waals surface area contributed by atoms with E-state index < -0.39 is 0 Å². The summed E-state index contributed by atoms with van der Waals surface area (Å²) in [5.74, 6) is 0.678. The quantitative estimate of drug-likeness (QED) is 0.733. The molecule has 5 heteroatoms. The molecule has 0 spiro atoms. The molecule has 1 aliphatic rings. The lowest BCUT2D eigenvalue weighted by atomic mass is 10.0. The molecule has 2 aromatic rings. The van der Waals surface area contributed by atoms with Gasteiger partial charge in [-0.25, -0.2) is 0 Å². The second kappa shape index (κ2) is 8.91. The van der Waals surface area contributed by atoms with E-state index in [-0.39, 0.29) is 23.7 Å². The number of hydrogen-bond donors (Lipinski definition) is 2. The summed E-state index contributed by atoms with van der Waals surface area (Å²) in [6.07, 6.45) is 1.30. The minimum absolute atomic E-state index is 0.0507. The number of nitrogens with one attached hydrogen (secondary N) is 2. The van der Waals surface area contributed by atoms with Crippen molar-refractivity contribution in [2.75, 3.05) is 19.0 Å². The molecule has 1 fully saturated rings. The van der Waals surface area contributed by atoms with Crippen LogP contribution in [0, 0.1) is 11.8 Å². The number of ether oxygens (including phenoxy) is 1. The van der Waals surface area contributed by atoms with Crippen LogP contribution in [0.25, 0.3) is 0 Å². The fraction of sp³-hybridized carbons (Fsp3) is 0.391. The Hall–Kier alpha value is -2.82. The number of benzene rings is 2. The summed E-state index contributed by atoms with van der Waals surface area (Å²) in [5.41, 5.74) is 3.06. The Balaban J connectivity index is 1.44. The summed E-state index contributed by atoms with van der Waals surface area (Å²) in [4.78, 5) is 24.7. The lowest BCUT2D eigenvalue weighted by molar-refractivity contribution is -0.125. The summed E-state index contributed by atoms with van der Waals surface area (Å²) in [5, 5.41) is 5.85. The van der Waals surface area contributed by atoms with Crippen molar-refractivity contribution < 1.29 is 14.3 Å². The minimum Gasteiger partial charge on any atom is -0.496 e. The van der Waals surface area contributed by atoms with Crippen LogP contribution in [0.5, 0.6) is 5.75 Å². The van der Waals surface area contributed by atoms with Gasteiger partial charge in [0.2, 0.25) is 11.8 Å². The zero-order valence-corrected chi connectivity index (χ0v) is 16.7. The van der Waals surface area contributed by atoms with Crippen LogP contribution in [-0.4, -0.2) is 25.5 Å². The van der Waals surface area contributed by atoms with E-state index in [1.165, 1.54) is 5.56 Å². The molecule has 3 rings (SSSR count). The number of rotatable bonds is 8. The van der Waals surface area contributed by atoms with Gasteiger partial charge < -0.3 is 15.4 Å². The van der Waals surface area contributed by atoms with E-state index in [1.54, 1.807) is 7.11 Å². The van der Waals surface area contributed by atoms with Gasteiger partial charge in [0.1, 0.15) is 5.75 Å². The van der Waals surface area contributed by atoms with Gasteiger partial charge in [0.15, 0.2) is 0 Å². The van der Waals surface area contributed by atoms with Crippen molar-refractivity contribution in [3.8, 4) is 5.75 Å². The predicted octanol–water partition coefficient (Wildman–Crippen LogP) is 3.75. The van der Waals surface area contributed by atoms with Gasteiger partial charge in [-0.3, -0.25) is 9.59 Å². The first-order chi connectivity index (χ1) is 13.5. The Morgan fingerprint density at radius 2 is 1.71 bits per heavy atom. The molecule has 5 nitrogen and oxygen atoms in total. The van der Waals surface area contributed by atoms with Gasteiger partial charge in [0.05, 0.1) is 18.9 Å². The third kappa shape index (κ3) is 4.91. The maximum absolute atomic E-state index is 12.4. The largest absolute Gasteiger partial charge is 0.496 e. The van der Waals surface area contributed by atoms with Crippen LogP contribution in [0.3, 0.4) is 0 Å². The summed E-state index contributed by atoms with van der Waals surface area (Å²) >= 11 is 0. The zero-order chi connectivity index (χ0) is 20.1. The van der Waals surface area contributed by atoms with Crippen LogP contribution in [0.2, 0.25) is 0 Å². The second-order valence-corrected chi connectivity index (χ2v) is 7.57. The van der Waals surface area contributed by atoms with Crippen LogP contribution in [0.15, 0.2) is 48.5 Å². The molecule has 2 N–H and O–H groups in total. The van der Waals surface area contributed by atoms with Gasteiger partial charge in [-0.2, -0.15) is 0 Å². The molecule has 148 valence electrons. The van der Waals surface area contributed by atoms with Crippen LogP contribution in [0.4, 0.5) is 5.69 Å². The second-order valence-electron chi connectivity index (χ2n) is 7.57. The molecule has 1 aliphatic carbocycles. The van der Waals surface area contributed by atoms with Crippen molar-refractivity contribution in [2.45, 2.75) is 32.6 Å². The van der Waals surface area contributed by atoms with Crippen molar-refractivity contribution in [3.05, 3.63) is 59.7 Å². The molecule has 2 aromatic carbocycles. The average Bonchev–Trinajstić information content (AvgIpc) is 3.50. The normalized spacial score (nSPS) is 17.9. The van der Waals surface area contributed by atoms with Crippen molar-refractivity contribution in [2.24, 2.45) is 11.8 Å². The van der Waals surface area contributed by atoms with E-state index in [2.05, 4.69) is 24.5 Å². The predicted molar refractivity (Wildman–Crippen MR) is 110 cm³/mol. The third-order valence-electron chi connectivity index (χ3n) is 5.19. The molecule has 0 radical (unpaired) electrons. The van der Waals surface area contributed by atoms with Crippen molar-refractivity contribution in [1.29, 1.82) is 0 Å². The Morgan fingerprint density at radius 3 is 2.39 bits per heavy atom. The highest BCUT2D eigenvalue weighted by atomic mass is 16.5. The van der Waals surface area contributed by atoms with Gasteiger partial charge >= 0.3 is 0 Å². The molecule has 0 aliphatic heterocycles. The number of hydrogen-bond acceptors (Lipinski definition) is 3. The van der Waals surface area contributed by atoms with Gasteiger partial charge in [0.25, 0.3) is 0 Å². The zero-order valence-electron chi connectivity index (χ0n) is 16.7. The summed E-state index contributed by atoms with van der Waals surface area (Å²) in [6.45, 7) is 4.80. The Kier molecular flexibility index (Phi) is 6.34. The first-order valence-electron chi connectivity index (χ1n) is 9.80. The summed E-state index contributed by atoms with van der Waals surface area (Å²) in [6, 6.07) is 15.6. The van der Waals surface area contributed by atoms with Crippen LogP contribution >= 0.6 is 0 Å². The molecule has 0 aromatic heterocycles. The molecular weight excluding hydrogens is 352 g/mol. The van der Waals surface area contributed by atoms with Crippen LogP contribution < -0.4 is 15.4 Å². The van der Waals surface area contributed by atoms with Crippen molar-refractivity contribution in [1.82, 2.24) is 5.32 Å². The topological polar surface area (TPSA) is 67.4 Å². The lowest BCUT2D eigenvalue weighted by Gasteiger charge is -2.10. The number of carbonyl (C=O) groups excluding carboxylic acids is 2. The molecule has 2 unspecified atom stereocenters. The fourth-order valence-corrected chi connectivity index (χ4v) is 3.32. The number of carbonyl (C=O) groups is 2. The maximum atomic E-state index is 12.4. The van der Waals surface area contributed by atoms with Gasteiger partial charge in [-0.15, -0.1) is 0 Å². The molecule has 0 heterocycles. The summed E-state index contributed by atoms with van der Waals surface area (Å²) in [7, 11) is 1.64. The molecule has 2 atom stereocenters. The third-order valence-corrected chi connectivity index (χ3v) is 5.19. The van der Waals surface area contributed by atoms with Gasteiger partial charge in [0, 0.05) is 12.2 Å². The standard InChI is InChI=1S/C23H28N2O3/c1-15(2)16-8-10-18(11-9-16)25-23(27)20-14-19(20)22(26)24-13-12-17-6-4-5-7-21(17)28-3/h4-11,15,19-20H,12-14H2,1-3H3,(H,24,26)(H,25,27). The van der Waals surface area contributed by atoms with Crippen molar-refractivity contribution in [3.63, 3.8) is 0 Å². The van der Waals surface area contributed by atoms with E-state index in [0.29, 0.717) is 25.3 Å². The molecular formula is C23H28N2O3. The molecule has 0 saturated heterocycles. The lowest BCUT2D eigenvalue weighted by Crippen LogP contribution is -2.29. The maximum Gasteiger partial charge on any atom is 0.228 e. The number of amides is 2. The first-order valence-corrected chi connectivity index (χ1v) is 9.80. The average molecular weight is 380 g/mol. The highest BCUT2D eigenvalue weighted by Crippen LogP contribution is 2.39.